The molecule has 2 nitrogen and oxygen atoms in total. The van der Waals surface area contributed by atoms with E-state index in [-0.39, 0.29) is 0 Å². The Bertz CT molecular complexity index is 544. The number of ether oxygens (including phenoxy) is 1. The highest BCUT2D eigenvalue weighted by atomic mass is 16.5. The van der Waals surface area contributed by atoms with Crippen LogP contribution in [0, 0.1) is 13.8 Å². The molecule has 0 heterocycles. The van der Waals surface area contributed by atoms with Gasteiger partial charge in [0.1, 0.15) is 17.8 Å². The normalized spacial score (nSPS) is 10.0. The van der Waals surface area contributed by atoms with Crippen molar-refractivity contribution >= 4 is 6.29 Å². The van der Waals surface area contributed by atoms with E-state index in [0.29, 0.717) is 11.3 Å². The summed E-state index contributed by atoms with van der Waals surface area (Å²) >= 11 is 0. The van der Waals surface area contributed by atoms with Gasteiger partial charge in [0, 0.05) is 5.56 Å². The van der Waals surface area contributed by atoms with Gasteiger partial charge in [0.2, 0.25) is 0 Å². The molecule has 0 aliphatic carbocycles. The van der Waals surface area contributed by atoms with E-state index < -0.39 is 0 Å². The van der Waals surface area contributed by atoms with Crippen LogP contribution in [0.25, 0.3) is 0 Å². The summed E-state index contributed by atoms with van der Waals surface area (Å²) in [7, 11) is 0. The molecule has 0 atom stereocenters. The second-order valence-corrected chi connectivity index (χ2v) is 4.06. The van der Waals surface area contributed by atoms with Gasteiger partial charge in [0.15, 0.2) is 0 Å². The first-order valence-electron chi connectivity index (χ1n) is 5.49. The molecule has 0 aliphatic heterocycles. The summed E-state index contributed by atoms with van der Waals surface area (Å²) in [5.74, 6) is 1.51. The van der Waals surface area contributed by atoms with Gasteiger partial charge in [0.05, 0.1) is 0 Å². The third-order valence-electron chi connectivity index (χ3n) is 2.57. The molecule has 0 unspecified atom stereocenters. The number of aldehydes is 1. The van der Waals surface area contributed by atoms with Gasteiger partial charge in [0.25, 0.3) is 0 Å². The summed E-state index contributed by atoms with van der Waals surface area (Å²) in [5.41, 5.74) is 2.84. The molecule has 0 bridgehead atoms. The number of benzene rings is 2. The zero-order valence-electron chi connectivity index (χ0n) is 9.94. The Balaban J connectivity index is 2.30. The Morgan fingerprint density at radius 2 is 1.88 bits per heavy atom. The number of carbonyl (C=O) groups is 1. The van der Waals surface area contributed by atoms with Crippen LogP contribution in [0.15, 0.2) is 42.5 Å². The summed E-state index contributed by atoms with van der Waals surface area (Å²) in [5, 5.41) is 0. The Kier molecular flexibility index (Phi) is 3.24. The van der Waals surface area contributed by atoms with E-state index in [1.807, 2.05) is 44.2 Å². The largest absolute Gasteiger partial charge is 0.457 e. The number of aryl methyl sites for hydroxylation is 2. The maximum Gasteiger partial charge on any atom is 0.150 e. The number of rotatable bonds is 3. The van der Waals surface area contributed by atoms with Crippen molar-refractivity contribution in [2.45, 2.75) is 13.8 Å². The van der Waals surface area contributed by atoms with Crippen LogP contribution in [0.5, 0.6) is 11.5 Å². The third-order valence-corrected chi connectivity index (χ3v) is 2.57. The van der Waals surface area contributed by atoms with Gasteiger partial charge in [-0.3, -0.25) is 4.79 Å². The van der Waals surface area contributed by atoms with Gasteiger partial charge in [-0.1, -0.05) is 24.3 Å². The van der Waals surface area contributed by atoms with Crippen molar-refractivity contribution in [3.63, 3.8) is 0 Å². The van der Waals surface area contributed by atoms with Crippen molar-refractivity contribution in [2.24, 2.45) is 0 Å². The lowest BCUT2D eigenvalue weighted by Gasteiger charge is -2.09. The average Bonchev–Trinajstić information content (AvgIpc) is 2.34. The van der Waals surface area contributed by atoms with Crippen LogP contribution in [0.4, 0.5) is 0 Å². The maximum absolute atomic E-state index is 10.7. The summed E-state index contributed by atoms with van der Waals surface area (Å²) in [6.45, 7) is 4.02. The van der Waals surface area contributed by atoms with Crippen molar-refractivity contribution in [3.8, 4) is 11.5 Å². The predicted octanol–water partition coefficient (Wildman–Crippen LogP) is 3.91. The minimum Gasteiger partial charge on any atom is -0.457 e. The standard InChI is InChI=1S/C15H14O2/c1-11-6-7-12(2)15(8-11)17-14-5-3-4-13(9-14)10-16/h3-10H,1-2H3. The SMILES string of the molecule is Cc1ccc(C)c(Oc2cccc(C=O)c2)c1. The van der Waals surface area contributed by atoms with Crippen molar-refractivity contribution in [1.29, 1.82) is 0 Å². The first kappa shape index (κ1) is 11.4. The van der Waals surface area contributed by atoms with Crippen LogP contribution in [0.3, 0.4) is 0 Å². The highest BCUT2D eigenvalue weighted by Crippen LogP contribution is 2.26. The molecule has 17 heavy (non-hydrogen) atoms. The molecule has 0 radical (unpaired) electrons. The molecule has 0 saturated carbocycles. The zero-order valence-corrected chi connectivity index (χ0v) is 9.94. The van der Waals surface area contributed by atoms with Gasteiger partial charge in [-0.15, -0.1) is 0 Å². The number of carbonyl (C=O) groups excluding carboxylic acids is 1. The summed E-state index contributed by atoms with van der Waals surface area (Å²) in [6.07, 6.45) is 0.815. The van der Waals surface area contributed by atoms with Crippen molar-refractivity contribution in [2.75, 3.05) is 0 Å². The van der Waals surface area contributed by atoms with E-state index in [4.69, 9.17) is 4.74 Å². The van der Waals surface area contributed by atoms with Crippen LogP contribution >= 0.6 is 0 Å². The molecule has 2 aromatic carbocycles. The lowest BCUT2D eigenvalue weighted by Crippen LogP contribution is -1.89. The van der Waals surface area contributed by atoms with E-state index in [1.165, 1.54) is 0 Å². The highest BCUT2D eigenvalue weighted by molar-refractivity contribution is 5.75. The van der Waals surface area contributed by atoms with Gasteiger partial charge in [-0.25, -0.2) is 0 Å². The summed E-state index contributed by atoms with van der Waals surface area (Å²) in [6, 6.07) is 13.2. The van der Waals surface area contributed by atoms with Crippen LogP contribution in [-0.2, 0) is 0 Å². The molecule has 2 rings (SSSR count). The fourth-order valence-electron chi connectivity index (χ4n) is 1.60. The van der Waals surface area contributed by atoms with E-state index in [1.54, 1.807) is 12.1 Å². The molecule has 0 saturated heterocycles. The van der Waals surface area contributed by atoms with Gasteiger partial charge >= 0.3 is 0 Å². The lowest BCUT2D eigenvalue weighted by molar-refractivity contribution is 0.112. The second kappa shape index (κ2) is 4.83. The molecule has 0 aliphatic rings. The van der Waals surface area contributed by atoms with Crippen molar-refractivity contribution in [3.05, 3.63) is 59.2 Å². The molecule has 2 heteroatoms. The predicted molar refractivity (Wildman–Crippen MR) is 67.8 cm³/mol. The van der Waals surface area contributed by atoms with Crippen LogP contribution < -0.4 is 4.74 Å². The third kappa shape index (κ3) is 2.72. The molecule has 0 aromatic heterocycles. The average molecular weight is 226 g/mol. The van der Waals surface area contributed by atoms with Gasteiger partial charge in [-0.05, 0) is 43.2 Å². The van der Waals surface area contributed by atoms with E-state index >= 15 is 0 Å². The van der Waals surface area contributed by atoms with E-state index in [9.17, 15) is 4.79 Å². The lowest BCUT2D eigenvalue weighted by atomic mass is 10.1. The zero-order chi connectivity index (χ0) is 12.3. The second-order valence-electron chi connectivity index (χ2n) is 4.06. The summed E-state index contributed by atoms with van der Waals surface area (Å²) < 4.78 is 5.77. The van der Waals surface area contributed by atoms with Crippen LogP contribution in [0.1, 0.15) is 21.5 Å². The Morgan fingerprint density at radius 1 is 1.06 bits per heavy atom. The van der Waals surface area contributed by atoms with Crippen molar-refractivity contribution < 1.29 is 9.53 Å². The fraction of sp³-hybridized carbons (Fsp3) is 0.133. The topological polar surface area (TPSA) is 26.3 Å². The fourth-order valence-corrected chi connectivity index (χ4v) is 1.60. The maximum atomic E-state index is 10.7. The van der Waals surface area contributed by atoms with E-state index in [2.05, 4.69) is 0 Å². The number of hydrogen-bond acceptors (Lipinski definition) is 2. The molecule has 0 fully saturated rings. The molecular formula is C15H14O2. The monoisotopic (exact) mass is 226 g/mol. The Hall–Kier alpha value is -2.09. The molecule has 0 spiro atoms. The minimum atomic E-state index is 0.618. The highest BCUT2D eigenvalue weighted by Gasteiger charge is 2.02. The molecule has 0 N–H and O–H groups in total. The quantitative estimate of drug-likeness (QED) is 0.742. The van der Waals surface area contributed by atoms with Crippen LogP contribution in [0.2, 0.25) is 0 Å². The molecule has 86 valence electrons. The van der Waals surface area contributed by atoms with Gasteiger partial charge in [-0.2, -0.15) is 0 Å². The summed E-state index contributed by atoms with van der Waals surface area (Å²) in [4.78, 5) is 10.7. The molecule has 2 aromatic rings. The first-order chi connectivity index (χ1) is 8.19. The van der Waals surface area contributed by atoms with Crippen LogP contribution in [-0.4, -0.2) is 6.29 Å². The smallest absolute Gasteiger partial charge is 0.150 e. The number of hydrogen-bond donors (Lipinski definition) is 0. The first-order valence-corrected chi connectivity index (χ1v) is 5.49. The Morgan fingerprint density at radius 3 is 2.65 bits per heavy atom. The van der Waals surface area contributed by atoms with Crippen molar-refractivity contribution in [1.82, 2.24) is 0 Å². The minimum absolute atomic E-state index is 0.618. The Labute approximate surface area is 101 Å². The molecule has 0 amide bonds. The van der Waals surface area contributed by atoms with Gasteiger partial charge < -0.3 is 4.74 Å². The van der Waals surface area contributed by atoms with E-state index in [0.717, 1.165) is 23.2 Å². The molecular weight excluding hydrogens is 212 g/mol.